The van der Waals surface area contributed by atoms with Gasteiger partial charge in [-0.2, -0.15) is 0 Å². The Labute approximate surface area is 60.7 Å². The molecule has 0 aromatic carbocycles. The van der Waals surface area contributed by atoms with Gasteiger partial charge in [0.05, 0.1) is 6.54 Å². The van der Waals surface area contributed by atoms with E-state index in [1.54, 1.807) is 6.08 Å². The first-order valence-corrected chi connectivity index (χ1v) is 3.58. The van der Waals surface area contributed by atoms with Gasteiger partial charge in [-0.05, 0) is 26.4 Å². The van der Waals surface area contributed by atoms with Crippen molar-refractivity contribution in [3.63, 3.8) is 0 Å². The maximum atomic E-state index is 9.76. The number of hydrogen-bond acceptors (Lipinski definition) is 3. The van der Waals surface area contributed by atoms with Crippen LogP contribution in [-0.4, -0.2) is 37.2 Å². The molecular weight excluding hydrogens is 128 g/mol. The Bertz CT molecular complexity index is 152. The van der Waals surface area contributed by atoms with Crippen LogP contribution >= 0.6 is 0 Å². The number of isocyanates is 1. The standard InChI is InChI=1S/C7H12N2O/c1-9-4-2-3-7(9)5-8-6-10/h7H,2-5H2,1H3. The predicted octanol–water partition coefficient (Wildman–Crippen LogP) is 0.416. The van der Waals surface area contributed by atoms with Crippen LogP contribution in [0.2, 0.25) is 0 Å². The van der Waals surface area contributed by atoms with Crippen LogP contribution in [0.25, 0.3) is 0 Å². The van der Waals surface area contributed by atoms with E-state index in [9.17, 15) is 4.79 Å². The van der Waals surface area contributed by atoms with Crippen LogP contribution in [-0.2, 0) is 4.79 Å². The predicted molar refractivity (Wildman–Crippen MR) is 38.6 cm³/mol. The van der Waals surface area contributed by atoms with E-state index in [4.69, 9.17) is 0 Å². The Hall–Kier alpha value is -0.660. The van der Waals surface area contributed by atoms with Gasteiger partial charge in [-0.15, -0.1) is 0 Å². The maximum Gasteiger partial charge on any atom is 0.234 e. The van der Waals surface area contributed by atoms with Crippen molar-refractivity contribution in [2.75, 3.05) is 20.1 Å². The molecule has 0 saturated carbocycles. The molecule has 0 spiro atoms. The molecule has 1 aliphatic heterocycles. The molecule has 0 N–H and O–H groups in total. The van der Waals surface area contributed by atoms with Gasteiger partial charge in [0, 0.05) is 6.04 Å². The van der Waals surface area contributed by atoms with Crippen LogP contribution < -0.4 is 0 Å². The zero-order valence-electron chi connectivity index (χ0n) is 6.21. The highest BCUT2D eigenvalue weighted by molar-refractivity contribution is 5.32. The first-order chi connectivity index (χ1) is 4.84. The Balaban J connectivity index is 2.32. The lowest BCUT2D eigenvalue weighted by atomic mass is 10.2. The van der Waals surface area contributed by atoms with E-state index in [2.05, 4.69) is 16.9 Å². The summed E-state index contributed by atoms with van der Waals surface area (Å²) >= 11 is 0. The summed E-state index contributed by atoms with van der Waals surface area (Å²) in [5.74, 6) is 0. The summed E-state index contributed by atoms with van der Waals surface area (Å²) in [5, 5.41) is 0. The minimum atomic E-state index is 0.487. The number of hydrogen-bond donors (Lipinski definition) is 0. The van der Waals surface area contributed by atoms with Crippen LogP contribution in [0.1, 0.15) is 12.8 Å². The van der Waals surface area contributed by atoms with Gasteiger partial charge in [-0.3, -0.25) is 0 Å². The molecule has 0 aromatic heterocycles. The highest BCUT2D eigenvalue weighted by Crippen LogP contribution is 2.14. The van der Waals surface area contributed by atoms with Gasteiger partial charge in [-0.25, -0.2) is 9.79 Å². The first kappa shape index (κ1) is 7.45. The van der Waals surface area contributed by atoms with E-state index in [1.807, 2.05) is 0 Å². The Morgan fingerprint density at radius 3 is 3.10 bits per heavy atom. The van der Waals surface area contributed by atoms with E-state index >= 15 is 0 Å². The fraction of sp³-hybridized carbons (Fsp3) is 0.857. The van der Waals surface area contributed by atoms with E-state index in [1.165, 1.54) is 12.8 Å². The molecule has 1 unspecified atom stereocenters. The second kappa shape index (κ2) is 3.49. The summed E-state index contributed by atoms with van der Waals surface area (Å²) in [6.45, 7) is 1.76. The van der Waals surface area contributed by atoms with Crippen LogP contribution in [0.4, 0.5) is 0 Å². The van der Waals surface area contributed by atoms with Crippen LogP contribution in [0.3, 0.4) is 0 Å². The minimum absolute atomic E-state index is 0.487. The fourth-order valence-electron chi connectivity index (χ4n) is 1.35. The van der Waals surface area contributed by atoms with Crippen molar-refractivity contribution in [1.29, 1.82) is 0 Å². The molecule has 56 valence electrons. The summed E-state index contributed by atoms with van der Waals surface area (Å²) in [7, 11) is 2.07. The quantitative estimate of drug-likeness (QED) is 0.411. The van der Waals surface area contributed by atoms with E-state index in [0.29, 0.717) is 12.6 Å². The number of carbonyl (C=O) groups excluding carboxylic acids is 1. The van der Waals surface area contributed by atoms with Gasteiger partial charge in [0.25, 0.3) is 0 Å². The molecule has 0 bridgehead atoms. The zero-order valence-corrected chi connectivity index (χ0v) is 6.21. The van der Waals surface area contributed by atoms with Gasteiger partial charge >= 0.3 is 0 Å². The van der Waals surface area contributed by atoms with Crippen LogP contribution in [0.5, 0.6) is 0 Å². The van der Waals surface area contributed by atoms with Gasteiger partial charge < -0.3 is 4.90 Å². The van der Waals surface area contributed by atoms with Crippen LogP contribution in [0.15, 0.2) is 4.99 Å². The molecule has 1 rings (SSSR count). The normalized spacial score (nSPS) is 26.3. The van der Waals surface area contributed by atoms with Gasteiger partial charge in [0.2, 0.25) is 6.08 Å². The topological polar surface area (TPSA) is 32.7 Å². The first-order valence-electron chi connectivity index (χ1n) is 3.58. The molecule has 1 aliphatic rings. The van der Waals surface area contributed by atoms with Crippen molar-refractivity contribution >= 4 is 6.08 Å². The lowest BCUT2D eigenvalue weighted by Gasteiger charge is -2.15. The minimum Gasteiger partial charge on any atom is -0.302 e. The lowest BCUT2D eigenvalue weighted by molar-refractivity contribution is 0.317. The third-order valence-corrected chi connectivity index (χ3v) is 2.04. The van der Waals surface area contributed by atoms with E-state index < -0.39 is 0 Å². The summed E-state index contributed by atoms with van der Waals surface area (Å²) in [5.41, 5.74) is 0. The molecule has 1 fully saturated rings. The third kappa shape index (κ3) is 1.66. The summed E-state index contributed by atoms with van der Waals surface area (Å²) in [6.07, 6.45) is 3.96. The average molecular weight is 140 g/mol. The molecule has 3 heteroatoms. The van der Waals surface area contributed by atoms with E-state index in [-0.39, 0.29) is 0 Å². The van der Waals surface area contributed by atoms with Crippen molar-refractivity contribution in [3.05, 3.63) is 0 Å². The molecule has 1 atom stereocenters. The lowest BCUT2D eigenvalue weighted by Crippen LogP contribution is -2.27. The average Bonchev–Trinajstić information content (AvgIpc) is 2.31. The van der Waals surface area contributed by atoms with E-state index in [0.717, 1.165) is 6.54 Å². The summed E-state index contributed by atoms with van der Waals surface area (Å²) in [4.78, 5) is 15.6. The van der Waals surface area contributed by atoms with Gasteiger partial charge in [-0.1, -0.05) is 0 Å². The smallest absolute Gasteiger partial charge is 0.234 e. The SMILES string of the molecule is CN1CCCC1CN=C=O. The maximum absolute atomic E-state index is 9.76. The number of likely N-dealkylation sites (tertiary alicyclic amines) is 1. The largest absolute Gasteiger partial charge is 0.302 e. The Morgan fingerprint density at radius 1 is 1.80 bits per heavy atom. The van der Waals surface area contributed by atoms with Crippen molar-refractivity contribution < 1.29 is 4.79 Å². The molecule has 0 aliphatic carbocycles. The number of rotatable bonds is 2. The number of likely N-dealkylation sites (N-methyl/N-ethyl adjacent to an activating group) is 1. The molecule has 1 saturated heterocycles. The molecular formula is C7H12N2O. The van der Waals surface area contributed by atoms with Crippen molar-refractivity contribution in [2.24, 2.45) is 4.99 Å². The second-order valence-electron chi connectivity index (χ2n) is 2.71. The molecule has 1 heterocycles. The van der Waals surface area contributed by atoms with Crippen LogP contribution in [0, 0.1) is 0 Å². The molecule has 0 amide bonds. The third-order valence-electron chi connectivity index (χ3n) is 2.04. The summed E-state index contributed by atoms with van der Waals surface area (Å²) < 4.78 is 0. The highest BCUT2D eigenvalue weighted by atomic mass is 16.1. The second-order valence-corrected chi connectivity index (χ2v) is 2.71. The summed E-state index contributed by atoms with van der Waals surface area (Å²) in [6, 6.07) is 0.487. The highest BCUT2D eigenvalue weighted by Gasteiger charge is 2.19. The van der Waals surface area contributed by atoms with Gasteiger partial charge in [0.15, 0.2) is 0 Å². The van der Waals surface area contributed by atoms with Crippen molar-refractivity contribution in [3.8, 4) is 0 Å². The molecule has 3 nitrogen and oxygen atoms in total. The number of nitrogens with zero attached hydrogens (tertiary/aromatic N) is 2. The molecule has 0 radical (unpaired) electrons. The van der Waals surface area contributed by atoms with Crippen molar-refractivity contribution in [2.45, 2.75) is 18.9 Å². The van der Waals surface area contributed by atoms with Crippen molar-refractivity contribution in [1.82, 2.24) is 4.90 Å². The monoisotopic (exact) mass is 140 g/mol. The Morgan fingerprint density at radius 2 is 2.60 bits per heavy atom. The Kier molecular flexibility index (Phi) is 2.60. The fourth-order valence-corrected chi connectivity index (χ4v) is 1.35. The van der Waals surface area contributed by atoms with Gasteiger partial charge in [0.1, 0.15) is 0 Å². The molecule has 0 aromatic rings. The molecule has 10 heavy (non-hydrogen) atoms. The zero-order chi connectivity index (χ0) is 7.40. The number of aliphatic imine (C=N–C) groups is 1.